The number of amides is 1. The zero-order valence-electron chi connectivity index (χ0n) is 22.9. The maximum atomic E-state index is 12.8. The number of hydrogen-bond acceptors (Lipinski definition) is 5. The third-order valence-corrected chi connectivity index (χ3v) is 6.41. The minimum Gasteiger partial charge on any atom is -0.496 e. The zero-order valence-corrected chi connectivity index (χ0v) is 22.9. The van der Waals surface area contributed by atoms with Crippen LogP contribution in [0.2, 0.25) is 0 Å². The highest BCUT2D eigenvalue weighted by atomic mass is 16.6. The van der Waals surface area contributed by atoms with Gasteiger partial charge in [0.1, 0.15) is 17.6 Å². The highest BCUT2D eigenvalue weighted by molar-refractivity contribution is 5.83. The summed E-state index contributed by atoms with van der Waals surface area (Å²) in [6.07, 6.45) is 4.02. The highest BCUT2D eigenvalue weighted by Gasteiger charge is 2.22. The molecule has 0 bridgehead atoms. The fraction of sp³-hybridized carbons (Fsp3) is 0.483. The maximum Gasteiger partial charge on any atom is 0.410 e. The molecule has 8 nitrogen and oxygen atoms in total. The molecule has 0 aliphatic rings. The van der Waals surface area contributed by atoms with Crippen LogP contribution in [0.5, 0.6) is 5.75 Å². The number of rotatable bonds is 11. The van der Waals surface area contributed by atoms with Gasteiger partial charge in [-0.15, -0.1) is 0 Å². The standard InChI is InChI=1S/C29H39N3O5/c1-29(2,3)37-28(35)32(16-8-7-9-18-33)17-10-11-23-19-21(13-15-26(23)36-6)22-12-14-24-25(20-22)31(5)27(34)30(24)4/h12-15,18-20H,7-11,16-17H2,1-6H3. The molecular formula is C29H39N3O5. The number of nitrogens with zero attached hydrogens (tertiary/aromatic N) is 3. The van der Waals surface area contributed by atoms with Crippen LogP contribution in [0.3, 0.4) is 0 Å². The molecule has 0 aliphatic heterocycles. The van der Waals surface area contributed by atoms with E-state index in [-0.39, 0.29) is 11.8 Å². The second kappa shape index (κ2) is 12.1. The maximum absolute atomic E-state index is 12.8. The number of aldehydes is 1. The summed E-state index contributed by atoms with van der Waals surface area (Å²) >= 11 is 0. The van der Waals surface area contributed by atoms with Gasteiger partial charge in [-0.1, -0.05) is 12.1 Å². The Kier molecular flexibility index (Phi) is 9.18. The van der Waals surface area contributed by atoms with Gasteiger partial charge in [0, 0.05) is 33.6 Å². The average Bonchev–Trinajstić information content (AvgIpc) is 3.07. The van der Waals surface area contributed by atoms with Gasteiger partial charge in [0.25, 0.3) is 0 Å². The van der Waals surface area contributed by atoms with Crippen molar-refractivity contribution in [1.82, 2.24) is 14.0 Å². The summed E-state index contributed by atoms with van der Waals surface area (Å²) in [4.78, 5) is 37.5. The van der Waals surface area contributed by atoms with E-state index in [4.69, 9.17) is 9.47 Å². The Morgan fingerprint density at radius 1 is 0.946 bits per heavy atom. The lowest BCUT2D eigenvalue weighted by Crippen LogP contribution is -2.38. The van der Waals surface area contributed by atoms with Crippen LogP contribution in [0.1, 0.15) is 52.0 Å². The molecule has 37 heavy (non-hydrogen) atoms. The Morgan fingerprint density at radius 2 is 1.59 bits per heavy atom. The van der Waals surface area contributed by atoms with Crippen LogP contribution in [0.4, 0.5) is 4.79 Å². The summed E-state index contributed by atoms with van der Waals surface area (Å²) in [5.41, 5.74) is 4.25. The number of imidazole rings is 1. The number of methoxy groups -OCH3 is 1. The molecule has 0 fully saturated rings. The van der Waals surface area contributed by atoms with E-state index < -0.39 is 5.60 Å². The minimum atomic E-state index is -0.570. The van der Waals surface area contributed by atoms with Crippen LogP contribution in [0, 0.1) is 0 Å². The summed E-state index contributed by atoms with van der Waals surface area (Å²) in [6.45, 7) is 6.67. The number of carbonyl (C=O) groups excluding carboxylic acids is 2. The molecule has 0 atom stereocenters. The van der Waals surface area contributed by atoms with E-state index in [1.54, 1.807) is 35.2 Å². The van der Waals surface area contributed by atoms with Gasteiger partial charge in [-0.25, -0.2) is 9.59 Å². The van der Waals surface area contributed by atoms with Crippen molar-refractivity contribution in [3.05, 3.63) is 52.4 Å². The first-order valence-corrected chi connectivity index (χ1v) is 12.8. The Hall–Kier alpha value is -3.55. The molecule has 3 rings (SSSR count). The Bertz CT molecular complexity index is 1300. The number of aromatic nitrogens is 2. The normalized spacial score (nSPS) is 11.5. The number of carbonyl (C=O) groups is 2. The van der Waals surface area contributed by atoms with Gasteiger partial charge < -0.3 is 19.2 Å². The zero-order chi connectivity index (χ0) is 27.2. The van der Waals surface area contributed by atoms with Crippen molar-refractivity contribution in [3.8, 4) is 16.9 Å². The molecule has 200 valence electrons. The lowest BCUT2D eigenvalue weighted by Gasteiger charge is -2.27. The van der Waals surface area contributed by atoms with E-state index in [9.17, 15) is 14.4 Å². The largest absolute Gasteiger partial charge is 0.496 e. The Labute approximate surface area is 218 Å². The summed E-state index contributed by atoms with van der Waals surface area (Å²) in [6, 6.07) is 12.1. The van der Waals surface area contributed by atoms with Gasteiger partial charge in [-0.2, -0.15) is 0 Å². The second-order valence-electron chi connectivity index (χ2n) is 10.4. The fourth-order valence-corrected chi connectivity index (χ4v) is 4.45. The lowest BCUT2D eigenvalue weighted by atomic mass is 9.99. The van der Waals surface area contributed by atoms with Crippen LogP contribution in [0.25, 0.3) is 22.2 Å². The predicted molar refractivity (Wildman–Crippen MR) is 146 cm³/mol. The van der Waals surface area contributed by atoms with Crippen molar-refractivity contribution < 1.29 is 19.1 Å². The number of ether oxygens (including phenoxy) is 2. The topological polar surface area (TPSA) is 82.8 Å². The summed E-state index contributed by atoms with van der Waals surface area (Å²) in [7, 11) is 5.21. The molecule has 1 heterocycles. The Balaban J connectivity index is 1.77. The summed E-state index contributed by atoms with van der Waals surface area (Å²) < 4.78 is 14.5. The minimum absolute atomic E-state index is 0.0525. The van der Waals surface area contributed by atoms with Gasteiger partial charge in [0.05, 0.1) is 18.1 Å². The van der Waals surface area contributed by atoms with Crippen LogP contribution >= 0.6 is 0 Å². The SMILES string of the molecule is COc1ccc(-c2ccc3c(c2)n(C)c(=O)n3C)cc1CCCN(CCCCC=O)C(=O)OC(C)(C)C. The van der Waals surface area contributed by atoms with Crippen LogP contribution in [0.15, 0.2) is 41.2 Å². The number of aryl methyl sites for hydroxylation is 3. The van der Waals surface area contributed by atoms with Crippen LogP contribution in [-0.2, 0) is 30.0 Å². The predicted octanol–water partition coefficient (Wildman–Crippen LogP) is 5.09. The van der Waals surface area contributed by atoms with Gasteiger partial charge in [0.15, 0.2) is 0 Å². The molecule has 0 saturated heterocycles. The van der Waals surface area contributed by atoms with E-state index in [2.05, 4.69) is 6.07 Å². The third kappa shape index (κ3) is 7.02. The molecular weight excluding hydrogens is 470 g/mol. The smallest absolute Gasteiger partial charge is 0.410 e. The van der Waals surface area contributed by atoms with Crippen molar-refractivity contribution in [2.24, 2.45) is 14.1 Å². The molecule has 0 N–H and O–H groups in total. The molecule has 1 amide bonds. The van der Waals surface area contributed by atoms with Crippen molar-refractivity contribution in [1.29, 1.82) is 0 Å². The number of benzene rings is 2. The second-order valence-corrected chi connectivity index (χ2v) is 10.4. The molecule has 8 heteroatoms. The number of unbranched alkanes of at least 4 members (excludes halogenated alkanes) is 2. The first-order chi connectivity index (χ1) is 17.6. The highest BCUT2D eigenvalue weighted by Crippen LogP contribution is 2.29. The Morgan fingerprint density at radius 3 is 2.27 bits per heavy atom. The molecule has 0 radical (unpaired) electrons. The first-order valence-electron chi connectivity index (χ1n) is 12.8. The molecule has 0 unspecified atom stereocenters. The van der Waals surface area contributed by atoms with Crippen molar-refractivity contribution in [3.63, 3.8) is 0 Å². The van der Waals surface area contributed by atoms with E-state index >= 15 is 0 Å². The van der Waals surface area contributed by atoms with Crippen molar-refractivity contribution >= 4 is 23.4 Å². The van der Waals surface area contributed by atoms with E-state index in [0.717, 1.165) is 65.4 Å². The first kappa shape index (κ1) is 28.0. The van der Waals surface area contributed by atoms with Gasteiger partial charge >= 0.3 is 11.8 Å². The van der Waals surface area contributed by atoms with Crippen LogP contribution < -0.4 is 10.4 Å². The quantitative estimate of drug-likeness (QED) is 0.266. The monoisotopic (exact) mass is 509 g/mol. The summed E-state index contributed by atoms with van der Waals surface area (Å²) in [5, 5.41) is 0. The molecule has 2 aromatic carbocycles. The molecule has 3 aromatic rings. The number of fused-ring (bicyclic) bond motifs is 1. The van der Waals surface area contributed by atoms with Gasteiger partial charge in [0.2, 0.25) is 0 Å². The molecule has 1 aromatic heterocycles. The molecule has 0 spiro atoms. The number of hydrogen-bond donors (Lipinski definition) is 0. The molecule has 0 saturated carbocycles. The molecule has 0 aliphatic carbocycles. The van der Waals surface area contributed by atoms with Gasteiger partial charge in [-0.3, -0.25) is 9.13 Å². The van der Waals surface area contributed by atoms with E-state index in [1.807, 2.05) is 51.1 Å². The summed E-state index contributed by atoms with van der Waals surface area (Å²) in [5.74, 6) is 0.798. The third-order valence-electron chi connectivity index (χ3n) is 6.41. The van der Waals surface area contributed by atoms with Crippen molar-refractivity contribution in [2.75, 3.05) is 20.2 Å². The van der Waals surface area contributed by atoms with E-state index in [1.165, 1.54) is 0 Å². The van der Waals surface area contributed by atoms with Gasteiger partial charge in [-0.05, 0) is 87.4 Å². The lowest BCUT2D eigenvalue weighted by molar-refractivity contribution is -0.107. The average molecular weight is 510 g/mol. The fourth-order valence-electron chi connectivity index (χ4n) is 4.45. The van der Waals surface area contributed by atoms with Crippen LogP contribution in [-0.4, -0.2) is 52.2 Å². The van der Waals surface area contributed by atoms with E-state index in [0.29, 0.717) is 19.5 Å². The van der Waals surface area contributed by atoms with Crippen molar-refractivity contribution in [2.45, 2.75) is 58.5 Å².